The van der Waals surface area contributed by atoms with Crippen molar-refractivity contribution in [1.82, 2.24) is 4.57 Å². The molecule has 1 N–H and O–H groups in total. The van der Waals surface area contributed by atoms with Gasteiger partial charge in [-0.2, -0.15) is 8.78 Å². The van der Waals surface area contributed by atoms with Crippen LogP contribution in [0, 0.1) is 11.3 Å². The summed E-state index contributed by atoms with van der Waals surface area (Å²) in [7, 11) is 1.26. The lowest BCUT2D eigenvalue weighted by Crippen LogP contribution is -2.31. The molecule has 2 unspecified atom stereocenters. The number of rotatable bonds is 9. The number of hydrogen-bond donors (Lipinski definition) is 1. The second-order valence-electron chi connectivity index (χ2n) is 7.91. The first kappa shape index (κ1) is 23.1. The van der Waals surface area contributed by atoms with Crippen molar-refractivity contribution in [1.29, 1.82) is 0 Å². The number of carbonyl (C=O) groups is 1. The first-order valence-corrected chi connectivity index (χ1v) is 9.53. The van der Waals surface area contributed by atoms with Crippen molar-refractivity contribution in [3.05, 3.63) is 30.0 Å². The van der Waals surface area contributed by atoms with E-state index in [1.807, 2.05) is 20.8 Å². The van der Waals surface area contributed by atoms with E-state index in [0.717, 1.165) is 0 Å². The van der Waals surface area contributed by atoms with Crippen LogP contribution in [0.15, 0.2) is 24.3 Å². The number of benzene rings is 1. The summed E-state index contributed by atoms with van der Waals surface area (Å²) in [6, 6.07) is 6.26. The van der Waals surface area contributed by atoms with Crippen LogP contribution in [0.5, 0.6) is 5.75 Å². The van der Waals surface area contributed by atoms with Gasteiger partial charge in [-0.05, 0) is 36.5 Å². The molecule has 0 spiro atoms. The number of halogens is 2. The van der Waals surface area contributed by atoms with E-state index in [4.69, 9.17) is 9.47 Å². The Balaban J connectivity index is 2.54. The monoisotopic (exact) mass is 413 g/mol. The maximum atomic E-state index is 12.8. The third-order valence-electron chi connectivity index (χ3n) is 4.99. The molecule has 0 saturated heterocycles. The number of aromatic nitrogens is 1. The van der Waals surface area contributed by atoms with Gasteiger partial charge >= 0.3 is 12.6 Å². The standard InChI is InChI=1S/C21H29F2NO5/c1-6-28-18(25)10-13(21(2,3)4)12-24-15-8-7-9-17(29-20(22)23)14(15)11-16(24)19(26)27-5/h7-9,11,13,18,20,25H,6,10,12H2,1-5H3. The van der Waals surface area contributed by atoms with Crippen LogP contribution in [0.25, 0.3) is 10.9 Å². The summed E-state index contributed by atoms with van der Waals surface area (Å²) in [5, 5.41) is 10.6. The van der Waals surface area contributed by atoms with Gasteiger partial charge < -0.3 is 23.9 Å². The molecule has 2 rings (SSSR count). The van der Waals surface area contributed by atoms with Gasteiger partial charge in [0, 0.05) is 25.0 Å². The van der Waals surface area contributed by atoms with Crippen LogP contribution in [-0.2, 0) is 16.0 Å². The highest BCUT2D eigenvalue weighted by molar-refractivity contribution is 5.97. The highest BCUT2D eigenvalue weighted by Gasteiger charge is 2.30. The van der Waals surface area contributed by atoms with Crippen LogP contribution in [0.4, 0.5) is 8.78 Å². The van der Waals surface area contributed by atoms with Gasteiger partial charge in [-0.1, -0.05) is 26.8 Å². The number of esters is 1. The summed E-state index contributed by atoms with van der Waals surface area (Å²) in [5.74, 6) is -0.673. The number of fused-ring (bicyclic) bond motifs is 1. The van der Waals surface area contributed by atoms with E-state index < -0.39 is 18.9 Å². The number of carbonyl (C=O) groups excluding carboxylic acids is 1. The maximum absolute atomic E-state index is 12.8. The predicted octanol–water partition coefficient (Wildman–Crippen LogP) is 4.44. The average Bonchev–Trinajstić information content (AvgIpc) is 2.99. The van der Waals surface area contributed by atoms with Crippen molar-refractivity contribution in [2.45, 2.75) is 53.6 Å². The largest absolute Gasteiger partial charge is 0.464 e. The Labute approximate surface area is 169 Å². The quantitative estimate of drug-likeness (QED) is 0.486. The molecule has 0 aliphatic rings. The summed E-state index contributed by atoms with van der Waals surface area (Å²) >= 11 is 0. The van der Waals surface area contributed by atoms with Gasteiger partial charge in [0.05, 0.1) is 12.6 Å². The van der Waals surface area contributed by atoms with Crippen molar-refractivity contribution in [2.24, 2.45) is 11.3 Å². The van der Waals surface area contributed by atoms with E-state index in [1.54, 1.807) is 23.6 Å². The first-order valence-electron chi connectivity index (χ1n) is 9.53. The normalized spacial score (nSPS) is 14.2. The van der Waals surface area contributed by atoms with Gasteiger partial charge in [-0.25, -0.2) is 4.79 Å². The molecule has 1 aromatic carbocycles. The van der Waals surface area contributed by atoms with Gasteiger partial charge in [0.1, 0.15) is 11.4 Å². The Bertz CT molecular complexity index is 828. The van der Waals surface area contributed by atoms with E-state index >= 15 is 0 Å². The highest BCUT2D eigenvalue weighted by Crippen LogP contribution is 2.36. The SMILES string of the molecule is CCOC(O)CC(Cn1c(C(=O)OC)cc2c(OC(F)F)cccc21)C(C)(C)C. The molecule has 0 aliphatic carbocycles. The zero-order chi connectivity index (χ0) is 21.8. The molecule has 0 radical (unpaired) electrons. The third kappa shape index (κ3) is 5.67. The topological polar surface area (TPSA) is 69.9 Å². The van der Waals surface area contributed by atoms with Crippen LogP contribution in [0.3, 0.4) is 0 Å². The van der Waals surface area contributed by atoms with Crippen LogP contribution in [-0.4, -0.2) is 42.3 Å². The number of nitrogens with zero attached hydrogens (tertiary/aromatic N) is 1. The highest BCUT2D eigenvalue weighted by atomic mass is 19.3. The molecule has 0 amide bonds. The fourth-order valence-electron chi connectivity index (χ4n) is 3.35. The van der Waals surface area contributed by atoms with Crippen molar-refractivity contribution in [2.75, 3.05) is 13.7 Å². The Morgan fingerprint density at radius 1 is 1.28 bits per heavy atom. The van der Waals surface area contributed by atoms with Crippen molar-refractivity contribution >= 4 is 16.9 Å². The van der Waals surface area contributed by atoms with Gasteiger partial charge in [-0.15, -0.1) is 0 Å². The summed E-state index contributed by atoms with van der Waals surface area (Å²) < 4.78 is 42.1. The van der Waals surface area contributed by atoms with E-state index in [-0.39, 0.29) is 22.8 Å². The van der Waals surface area contributed by atoms with E-state index in [0.29, 0.717) is 30.5 Å². The Hall–Kier alpha value is -2.19. The van der Waals surface area contributed by atoms with Crippen molar-refractivity contribution < 1.29 is 32.9 Å². The number of ether oxygens (including phenoxy) is 3. The molecule has 0 saturated carbocycles. The molecule has 8 heteroatoms. The number of hydrogen-bond acceptors (Lipinski definition) is 5. The van der Waals surface area contributed by atoms with E-state index in [1.165, 1.54) is 19.2 Å². The summed E-state index contributed by atoms with van der Waals surface area (Å²) in [6.45, 7) is 5.66. The second-order valence-corrected chi connectivity index (χ2v) is 7.91. The predicted molar refractivity (Wildman–Crippen MR) is 105 cm³/mol. The third-order valence-corrected chi connectivity index (χ3v) is 4.99. The maximum Gasteiger partial charge on any atom is 0.387 e. The minimum Gasteiger partial charge on any atom is -0.464 e. The zero-order valence-corrected chi connectivity index (χ0v) is 17.4. The molecule has 0 aliphatic heterocycles. The summed E-state index contributed by atoms with van der Waals surface area (Å²) in [6.07, 6.45) is -0.587. The lowest BCUT2D eigenvalue weighted by atomic mass is 9.78. The molecular weight excluding hydrogens is 384 g/mol. The molecule has 2 aromatic rings. The minimum absolute atomic E-state index is 0.0111. The molecule has 0 fully saturated rings. The van der Waals surface area contributed by atoms with Gasteiger partial charge in [0.25, 0.3) is 0 Å². The fourth-order valence-corrected chi connectivity index (χ4v) is 3.35. The number of alkyl halides is 2. The zero-order valence-electron chi connectivity index (χ0n) is 17.4. The lowest BCUT2D eigenvalue weighted by molar-refractivity contribution is -0.115. The molecule has 1 aromatic heterocycles. The smallest absolute Gasteiger partial charge is 0.387 e. The molecule has 1 heterocycles. The van der Waals surface area contributed by atoms with Crippen molar-refractivity contribution in [3.8, 4) is 5.75 Å². The van der Waals surface area contributed by atoms with Gasteiger partial charge in [0.2, 0.25) is 0 Å². The molecule has 29 heavy (non-hydrogen) atoms. The number of methoxy groups -OCH3 is 1. The number of aliphatic hydroxyl groups is 1. The van der Waals surface area contributed by atoms with Crippen LogP contribution >= 0.6 is 0 Å². The van der Waals surface area contributed by atoms with Crippen molar-refractivity contribution in [3.63, 3.8) is 0 Å². The molecular formula is C21H29F2NO5. The van der Waals surface area contributed by atoms with Crippen LogP contribution in [0.2, 0.25) is 0 Å². The number of aliphatic hydroxyl groups excluding tert-OH is 1. The van der Waals surface area contributed by atoms with Gasteiger partial charge in [-0.3, -0.25) is 0 Å². The molecule has 2 atom stereocenters. The Morgan fingerprint density at radius 2 is 1.97 bits per heavy atom. The van der Waals surface area contributed by atoms with E-state index in [2.05, 4.69) is 4.74 Å². The average molecular weight is 413 g/mol. The van der Waals surface area contributed by atoms with Crippen LogP contribution in [0.1, 0.15) is 44.6 Å². The van der Waals surface area contributed by atoms with Crippen LogP contribution < -0.4 is 4.74 Å². The second kappa shape index (κ2) is 9.54. The fraction of sp³-hybridized carbons (Fsp3) is 0.571. The van der Waals surface area contributed by atoms with E-state index in [9.17, 15) is 18.7 Å². The molecule has 6 nitrogen and oxygen atoms in total. The first-order chi connectivity index (χ1) is 13.6. The summed E-state index contributed by atoms with van der Waals surface area (Å²) in [4.78, 5) is 12.4. The Morgan fingerprint density at radius 3 is 2.52 bits per heavy atom. The molecule has 0 bridgehead atoms. The van der Waals surface area contributed by atoms with Gasteiger partial charge in [0.15, 0.2) is 6.29 Å². The Kier molecular flexibility index (Phi) is 7.60. The summed E-state index contributed by atoms with van der Waals surface area (Å²) in [5.41, 5.74) is 0.579. The molecule has 162 valence electrons. The minimum atomic E-state index is -2.98. The lowest BCUT2D eigenvalue weighted by Gasteiger charge is -2.33.